The Balaban J connectivity index is 1.97. The summed E-state index contributed by atoms with van der Waals surface area (Å²) < 4.78 is 23.7. The van der Waals surface area contributed by atoms with Gasteiger partial charge in [-0.15, -0.1) is 0 Å². The van der Waals surface area contributed by atoms with Gasteiger partial charge in [-0.1, -0.05) is 36.4 Å². The number of nitrogens with zero attached hydrogens (tertiary/aromatic N) is 2. The fraction of sp³-hybridized carbons (Fsp3) is 0.500. The molecule has 20 heavy (non-hydrogen) atoms. The number of amidine groups is 1. The Morgan fingerprint density at radius 1 is 1.30 bits per heavy atom. The Kier molecular flexibility index (Phi) is 3.54. The first-order chi connectivity index (χ1) is 9.50. The predicted octanol–water partition coefficient (Wildman–Crippen LogP) is 2.09. The summed E-state index contributed by atoms with van der Waals surface area (Å²) in [6.45, 7) is 4.14. The highest BCUT2D eigenvalue weighted by Gasteiger charge is 2.46. The monoisotopic (exact) mass is 310 g/mol. The number of anilines is 1. The first-order valence-corrected chi connectivity index (χ1v) is 9.58. The molecule has 2 heterocycles. The average molecular weight is 310 g/mol. The number of sulfone groups is 1. The highest BCUT2D eigenvalue weighted by atomic mass is 32.2. The van der Waals surface area contributed by atoms with Crippen molar-refractivity contribution in [3.63, 3.8) is 0 Å². The van der Waals surface area contributed by atoms with Crippen LogP contribution >= 0.6 is 11.8 Å². The standard InChI is InChI=1S/C14H18N2O2S2/c1-3-19-14-15-12-8-20(17,18)9-13(12)16(14)11-6-4-10(2)5-7-11/h4-7,12-13H,3,8-9H2,1-2H3/t12-,13-/m1/s1. The zero-order valence-electron chi connectivity index (χ0n) is 11.6. The summed E-state index contributed by atoms with van der Waals surface area (Å²) in [5.74, 6) is 1.34. The van der Waals surface area contributed by atoms with Crippen molar-refractivity contribution in [1.29, 1.82) is 0 Å². The van der Waals surface area contributed by atoms with Gasteiger partial charge >= 0.3 is 0 Å². The molecule has 1 saturated heterocycles. The van der Waals surface area contributed by atoms with Crippen molar-refractivity contribution in [2.24, 2.45) is 4.99 Å². The van der Waals surface area contributed by atoms with Gasteiger partial charge in [0.1, 0.15) is 0 Å². The number of thioether (sulfide) groups is 1. The molecule has 108 valence electrons. The van der Waals surface area contributed by atoms with Gasteiger partial charge in [-0.25, -0.2) is 8.42 Å². The lowest BCUT2D eigenvalue weighted by Crippen LogP contribution is -2.39. The van der Waals surface area contributed by atoms with Crippen molar-refractivity contribution in [3.05, 3.63) is 29.8 Å². The van der Waals surface area contributed by atoms with Crippen molar-refractivity contribution in [1.82, 2.24) is 0 Å². The van der Waals surface area contributed by atoms with E-state index in [-0.39, 0.29) is 23.6 Å². The molecular formula is C14H18N2O2S2. The second-order valence-corrected chi connectivity index (χ2v) is 8.65. The number of rotatable bonds is 2. The molecule has 0 spiro atoms. The maximum absolute atomic E-state index is 11.8. The van der Waals surface area contributed by atoms with Gasteiger partial charge in [0.15, 0.2) is 15.0 Å². The van der Waals surface area contributed by atoms with Crippen LogP contribution < -0.4 is 4.90 Å². The molecule has 2 atom stereocenters. The van der Waals surface area contributed by atoms with E-state index < -0.39 is 9.84 Å². The summed E-state index contributed by atoms with van der Waals surface area (Å²) >= 11 is 1.68. The van der Waals surface area contributed by atoms with Crippen LogP contribution in [0.5, 0.6) is 0 Å². The fourth-order valence-corrected chi connectivity index (χ4v) is 5.46. The minimum absolute atomic E-state index is 0.0308. The van der Waals surface area contributed by atoms with Gasteiger partial charge in [0, 0.05) is 5.69 Å². The fourth-order valence-electron chi connectivity index (χ4n) is 2.77. The number of aliphatic imine (C=N–C) groups is 1. The number of benzene rings is 1. The maximum Gasteiger partial charge on any atom is 0.164 e. The van der Waals surface area contributed by atoms with E-state index in [0.29, 0.717) is 0 Å². The highest BCUT2D eigenvalue weighted by molar-refractivity contribution is 8.14. The summed E-state index contributed by atoms with van der Waals surface area (Å²) in [5.41, 5.74) is 2.24. The molecule has 0 unspecified atom stereocenters. The van der Waals surface area contributed by atoms with Crippen LogP contribution in [-0.4, -0.2) is 42.9 Å². The number of hydrogen-bond donors (Lipinski definition) is 0. The van der Waals surface area contributed by atoms with E-state index in [1.165, 1.54) is 5.56 Å². The summed E-state index contributed by atoms with van der Waals surface area (Å²) in [5, 5.41) is 0.959. The molecule has 0 bridgehead atoms. The molecule has 3 rings (SSSR count). The molecule has 0 aromatic heterocycles. The van der Waals surface area contributed by atoms with Crippen LogP contribution in [0.4, 0.5) is 5.69 Å². The topological polar surface area (TPSA) is 49.7 Å². The van der Waals surface area contributed by atoms with E-state index in [1.54, 1.807) is 11.8 Å². The first kappa shape index (κ1) is 13.9. The zero-order chi connectivity index (χ0) is 14.3. The lowest BCUT2D eigenvalue weighted by Gasteiger charge is -2.26. The summed E-state index contributed by atoms with van der Waals surface area (Å²) in [6.07, 6.45) is 0. The lowest BCUT2D eigenvalue weighted by molar-refractivity contribution is 0.601. The summed E-state index contributed by atoms with van der Waals surface area (Å²) in [7, 11) is -2.95. The summed E-state index contributed by atoms with van der Waals surface area (Å²) in [6, 6.07) is 8.08. The molecule has 0 radical (unpaired) electrons. The first-order valence-electron chi connectivity index (χ1n) is 6.77. The molecular weight excluding hydrogens is 292 g/mol. The largest absolute Gasteiger partial charge is 0.315 e. The second kappa shape index (κ2) is 5.07. The Morgan fingerprint density at radius 2 is 2.00 bits per heavy atom. The normalized spacial score (nSPS) is 27.5. The number of aryl methyl sites for hydroxylation is 1. The molecule has 1 aromatic carbocycles. The van der Waals surface area contributed by atoms with Crippen molar-refractivity contribution in [2.75, 3.05) is 22.2 Å². The Bertz CT molecular complexity index is 638. The Hall–Kier alpha value is -1.01. The minimum Gasteiger partial charge on any atom is -0.315 e. The lowest BCUT2D eigenvalue weighted by atomic mass is 10.1. The van der Waals surface area contributed by atoms with Gasteiger partial charge in [-0.3, -0.25) is 4.99 Å². The molecule has 0 saturated carbocycles. The quantitative estimate of drug-likeness (QED) is 0.839. The molecule has 2 aliphatic heterocycles. The van der Waals surface area contributed by atoms with Gasteiger partial charge in [0.25, 0.3) is 0 Å². The van der Waals surface area contributed by atoms with Crippen molar-refractivity contribution < 1.29 is 8.42 Å². The number of fused-ring (bicyclic) bond motifs is 1. The van der Waals surface area contributed by atoms with Gasteiger partial charge in [0.2, 0.25) is 0 Å². The van der Waals surface area contributed by atoms with Crippen molar-refractivity contribution in [2.45, 2.75) is 25.9 Å². The molecule has 6 heteroatoms. The molecule has 1 fully saturated rings. The van der Waals surface area contributed by atoms with E-state index in [1.807, 2.05) is 19.1 Å². The zero-order valence-corrected chi connectivity index (χ0v) is 13.2. The van der Waals surface area contributed by atoms with E-state index in [4.69, 9.17) is 0 Å². The van der Waals surface area contributed by atoms with Crippen LogP contribution in [0.3, 0.4) is 0 Å². The van der Waals surface area contributed by atoms with Gasteiger partial charge < -0.3 is 4.90 Å². The minimum atomic E-state index is -2.95. The third-order valence-electron chi connectivity index (χ3n) is 3.69. The van der Waals surface area contributed by atoms with Crippen molar-refractivity contribution in [3.8, 4) is 0 Å². The highest BCUT2D eigenvalue weighted by Crippen LogP contribution is 2.34. The SMILES string of the molecule is CCSC1=N[C@@H]2CS(=O)(=O)C[C@H]2N1c1ccc(C)cc1. The smallest absolute Gasteiger partial charge is 0.164 e. The molecule has 1 aromatic rings. The van der Waals surface area contributed by atoms with Crippen LogP contribution in [0.15, 0.2) is 29.3 Å². The van der Waals surface area contributed by atoms with Crippen molar-refractivity contribution >= 4 is 32.5 Å². The second-order valence-electron chi connectivity index (χ2n) is 5.26. The molecule has 2 aliphatic rings. The van der Waals surface area contributed by atoms with Crippen LogP contribution in [0, 0.1) is 6.92 Å². The molecule has 4 nitrogen and oxygen atoms in total. The number of hydrogen-bond acceptors (Lipinski definition) is 5. The summed E-state index contributed by atoms with van der Waals surface area (Å²) in [4.78, 5) is 6.76. The van der Waals surface area contributed by atoms with E-state index in [2.05, 4.69) is 28.9 Å². The third-order valence-corrected chi connectivity index (χ3v) is 6.24. The Morgan fingerprint density at radius 3 is 2.65 bits per heavy atom. The predicted molar refractivity (Wildman–Crippen MR) is 85.5 cm³/mol. The van der Waals surface area contributed by atoms with Crippen LogP contribution in [-0.2, 0) is 9.84 Å². The Labute approximate surface area is 124 Å². The van der Waals surface area contributed by atoms with Gasteiger partial charge in [-0.05, 0) is 24.8 Å². The average Bonchev–Trinajstić information content (AvgIpc) is 2.82. The van der Waals surface area contributed by atoms with Crippen LogP contribution in [0.1, 0.15) is 12.5 Å². The maximum atomic E-state index is 11.8. The van der Waals surface area contributed by atoms with E-state index >= 15 is 0 Å². The molecule has 0 N–H and O–H groups in total. The van der Waals surface area contributed by atoms with Gasteiger partial charge in [0.05, 0.1) is 23.6 Å². The third kappa shape index (κ3) is 2.46. The van der Waals surface area contributed by atoms with Gasteiger partial charge in [-0.2, -0.15) is 0 Å². The van der Waals surface area contributed by atoms with Crippen LogP contribution in [0.25, 0.3) is 0 Å². The van der Waals surface area contributed by atoms with E-state index in [0.717, 1.165) is 16.6 Å². The molecule has 0 amide bonds. The molecule has 0 aliphatic carbocycles. The van der Waals surface area contributed by atoms with E-state index in [9.17, 15) is 8.42 Å². The van der Waals surface area contributed by atoms with Crippen LogP contribution in [0.2, 0.25) is 0 Å².